The second-order valence-electron chi connectivity index (χ2n) is 4.02. The Morgan fingerprint density at radius 1 is 1.29 bits per heavy atom. The van der Waals surface area contributed by atoms with Crippen molar-refractivity contribution in [3.05, 3.63) is 23.0 Å². The topological polar surface area (TPSA) is 77.9 Å². The van der Waals surface area contributed by atoms with Crippen LogP contribution < -0.4 is 0 Å². The predicted octanol–water partition coefficient (Wildman–Crippen LogP) is 2.49. The Hall–Kier alpha value is -1.95. The molecule has 0 aromatic carbocycles. The van der Waals surface area contributed by atoms with Crippen LogP contribution in [0.15, 0.2) is 17.1 Å². The molecule has 0 N–H and O–H groups in total. The van der Waals surface area contributed by atoms with E-state index in [0.29, 0.717) is 5.69 Å². The highest BCUT2D eigenvalue weighted by Crippen LogP contribution is 2.22. The smallest absolute Gasteiger partial charge is 0.325 e. The molecule has 114 valence electrons. The van der Waals surface area contributed by atoms with Gasteiger partial charge in [0.15, 0.2) is 11.1 Å². The van der Waals surface area contributed by atoms with Crippen LogP contribution in [-0.4, -0.2) is 36.4 Å². The fourth-order valence-electron chi connectivity index (χ4n) is 1.45. The third kappa shape index (κ3) is 5.15. The first-order valence-corrected chi connectivity index (χ1v) is 6.88. The van der Waals surface area contributed by atoms with Gasteiger partial charge in [0, 0.05) is 11.9 Å². The predicted molar refractivity (Wildman–Crippen MR) is 78.9 cm³/mol. The van der Waals surface area contributed by atoms with Gasteiger partial charge in [0.2, 0.25) is 0 Å². The fraction of sp³-hybridized carbons (Fsp3) is 0.429. The Balaban J connectivity index is 2.96. The molecule has 1 aromatic heterocycles. The number of aromatic nitrogens is 1. The summed E-state index contributed by atoms with van der Waals surface area (Å²) in [6.45, 7) is 5.42. The maximum atomic E-state index is 11.8. The fourth-order valence-corrected chi connectivity index (χ4v) is 1.70. The van der Waals surface area contributed by atoms with Crippen LogP contribution in [0.5, 0.6) is 0 Å². The lowest BCUT2D eigenvalue weighted by Gasteiger charge is -2.10. The number of pyridine rings is 1. The molecule has 0 atom stereocenters. The molecule has 0 radical (unpaired) electrons. The first kappa shape index (κ1) is 17.1. The van der Waals surface area contributed by atoms with Crippen molar-refractivity contribution in [1.82, 2.24) is 4.98 Å². The van der Waals surface area contributed by atoms with Gasteiger partial charge in [0.1, 0.15) is 0 Å². The summed E-state index contributed by atoms with van der Waals surface area (Å²) >= 11 is 5.94. The number of carbonyl (C=O) groups excluding carboxylic acids is 2. The normalized spacial score (nSPS) is 10.9. The highest BCUT2D eigenvalue weighted by molar-refractivity contribution is 6.31. The van der Waals surface area contributed by atoms with Crippen LogP contribution in [0.2, 0.25) is 5.15 Å². The number of halogens is 1. The molecular weight excluding hydrogens is 296 g/mol. The Morgan fingerprint density at radius 2 is 1.86 bits per heavy atom. The minimum Gasteiger partial charge on any atom is -0.465 e. The van der Waals surface area contributed by atoms with E-state index in [-0.39, 0.29) is 18.4 Å². The molecule has 0 unspecified atom stereocenters. The average Bonchev–Trinajstić information content (AvgIpc) is 2.41. The molecule has 1 rings (SSSR count). The van der Waals surface area contributed by atoms with Crippen molar-refractivity contribution in [2.45, 2.75) is 20.8 Å². The van der Waals surface area contributed by atoms with E-state index < -0.39 is 17.9 Å². The third-order valence-corrected chi connectivity index (χ3v) is 2.69. The molecule has 6 nitrogen and oxygen atoms in total. The van der Waals surface area contributed by atoms with E-state index in [0.717, 1.165) is 11.9 Å². The summed E-state index contributed by atoms with van der Waals surface area (Å²) in [5, 5.41) is 0.192. The van der Waals surface area contributed by atoms with Crippen LogP contribution >= 0.6 is 11.6 Å². The number of nitrogens with zero attached hydrogens (tertiary/aromatic N) is 2. The Bertz CT molecular complexity index is 528. The van der Waals surface area contributed by atoms with Crippen molar-refractivity contribution in [2.24, 2.45) is 10.9 Å². The number of aliphatic imine (C=N–C) groups is 1. The van der Waals surface area contributed by atoms with E-state index in [1.54, 1.807) is 32.9 Å². The van der Waals surface area contributed by atoms with Gasteiger partial charge in [0.05, 0.1) is 18.9 Å². The standard InChI is InChI=1S/C14H17ClN2O4/c1-4-20-13(18)10(14(19)21-5-2)8-16-11-7-6-9(3)17-12(11)15/h6-8,10H,4-5H2,1-3H3. The molecule has 0 saturated carbocycles. The number of hydrogen-bond acceptors (Lipinski definition) is 6. The first-order chi connectivity index (χ1) is 9.99. The number of ether oxygens (including phenoxy) is 2. The zero-order chi connectivity index (χ0) is 15.8. The maximum Gasteiger partial charge on any atom is 0.325 e. The quantitative estimate of drug-likeness (QED) is 0.349. The number of aryl methyl sites for hydroxylation is 1. The molecule has 0 aliphatic heterocycles. The van der Waals surface area contributed by atoms with Crippen LogP contribution in [-0.2, 0) is 19.1 Å². The molecule has 1 heterocycles. The first-order valence-electron chi connectivity index (χ1n) is 6.50. The maximum absolute atomic E-state index is 11.8. The van der Waals surface area contributed by atoms with E-state index in [2.05, 4.69) is 9.98 Å². The van der Waals surface area contributed by atoms with Crippen LogP contribution in [0.1, 0.15) is 19.5 Å². The van der Waals surface area contributed by atoms with E-state index in [1.165, 1.54) is 0 Å². The molecule has 0 fully saturated rings. The molecule has 0 bridgehead atoms. The van der Waals surface area contributed by atoms with Gasteiger partial charge >= 0.3 is 11.9 Å². The summed E-state index contributed by atoms with van der Waals surface area (Å²) in [6.07, 6.45) is 1.16. The van der Waals surface area contributed by atoms with Gasteiger partial charge in [-0.1, -0.05) is 11.6 Å². The van der Waals surface area contributed by atoms with Crippen molar-refractivity contribution in [3.63, 3.8) is 0 Å². The van der Waals surface area contributed by atoms with Crippen molar-refractivity contribution in [2.75, 3.05) is 13.2 Å². The second-order valence-corrected chi connectivity index (χ2v) is 4.38. The van der Waals surface area contributed by atoms with Gasteiger partial charge < -0.3 is 9.47 Å². The number of hydrogen-bond donors (Lipinski definition) is 0. The van der Waals surface area contributed by atoms with E-state index in [1.807, 2.05) is 0 Å². The molecule has 1 aromatic rings. The summed E-state index contributed by atoms with van der Waals surface area (Å²) in [4.78, 5) is 31.6. The van der Waals surface area contributed by atoms with Crippen molar-refractivity contribution in [1.29, 1.82) is 0 Å². The SMILES string of the molecule is CCOC(=O)C(C=Nc1ccc(C)nc1Cl)C(=O)OCC. The van der Waals surface area contributed by atoms with Crippen LogP contribution in [0.25, 0.3) is 0 Å². The lowest BCUT2D eigenvalue weighted by atomic mass is 10.2. The van der Waals surface area contributed by atoms with Gasteiger partial charge in [-0.15, -0.1) is 0 Å². The number of rotatable bonds is 6. The zero-order valence-corrected chi connectivity index (χ0v) is 12.9. The lowest BCUT2D eigenvalue weighted by Crippen LogP contribution is -2.29. The zero-order valence-electron chi connectivity index (χ0n) is 12.1. The summed E-state index contributed by atoms with van der Waals surface area (Å²) in [5.41, 5.74) is 1.10. The summed E-state index contributed by atoms with van der Waals surface area (Å²) in [6, 6.07) is 3.37. The Morgan fingerprint density at radius 3 is 2.33 bits per heavy atom. The molecule has 0 saturated heterocycles. The number of esters is 2. The van der Waals surface area contributed by atoms with Gasteiger partial charge in [0.25, 0.3) is 0 Å². The van der Waals surface area contributed by atoms with E-state index in [9.17, 15) is 9.59 Å². The summed E-state index contributed by atoms with van der Waals surface area (Å²) in [7, 11) is 0. The second kappa shape index (κ2) is 8.36. The highest BCUT2D eigenvalue weighted by Gasteiger charge is 2.27. The largest absolute Gasteiger partial charge is 0.465 e. The van der Waals surface area contributed by atoms with E-state index >= 15 is 0 Å². The Labute approximate surface area is 128 Å². The molecule has 0 spiro atoms. The molecule has 0 aliphatic rings. The molecule has 0 amide bonds. The molecular formula is C14H17ClN2O4. The monoisotopic (exact) mass is 312 g/mol. The van der Waals surface area contributed by atoms with Gasteiger partial charge in [-0.3, -0.25) is 14.6 Å². The molecule has 0 aliphatic carbocycles. The van der Waals surface area contributed by atoms with Gasteiger partial charge in [-0.25, -0.2) is 4.98 Å². The van der Waals surface area contributed by atoms with Crippen molar-refractivity contribution < 1.29 is 19.1 Å². The van der Waals surface area contributed by atoms with Crippen molar-refractivity contribution >= 4 is 35.4 Å². The van der Waals surface area contributed by atoms with Crippen LogP contribution in [0, 0.1) is 12.8 Å². The van der Waals surface area contributed by atoms with Gasteiger partial charge in [-0.05, 0) is 32.9 Å². The molecule has 7 heteroatoms. The highest BCUT2D eigenvalue weighted by atomic mass is 35.5. The Kier molecular flexibility index (Phi) is 6.81. The molecule has 21 heavy (non-hydrogen) atoms. The summed E-state index contributed by atoms with van der Waals surface area (Å²) in [5.74, 6) is -2.64. The minimum absolute atomic E-state index is 0.162. The van der Waals surface area contributed by atoms with Crippen LogP contribution in [0.4, 0.5) is 5.69 Å². The van der Waals surface area contributed by atoms with Gasteiger partial charge in [-0.2, -0.15) is 0 Å². The summed E-state index contributed by atoms with van der Waals surface area (Å²) < 4.78 is 9.66. The minimum atomic E-state index is -1.22. The van der Waals surface area contributed by atoms with Crippen LogP contribution in [0.3, 0.4) is 0 Å². The lowest BCUT2D eigenvalue weighted by molar-refractivity contribution is -0.157. The number of carbonyl (C=O) groups is 2. The third-order valence-electron chi connectivity index (χ3n) is 2.41. The van der Waals surface area contributed by atoms with E-state index in [4.69, 9.17) is 21.1 Å². The van der Waals surface area contributed by atoms with Crippen molar-refractivity contribution in [3.8, 4) is 0 Å². The average molecular weight is 313 g/mol.